The van der Waals surface area contributed by atoms with Crippen molar-refractivity contribution >= 4 is 28.8 Å². The zero-order valence-electron chi connectivity index (χ0n) is 17.9. The van der Waals surface area contributed by atoms with Crippen molar-refractivity contribution in [2.45, 2.75) is 37.3 Å². The van der Waals surface area contributed by atoms with Gasteiger partial charge in [-0.2, -0.15) is 4.98 Å². The Morgan fingerprint density at radius 1 is 1.12 bits per heavy atom. The van der Waals surface area contributed by atoms with Crippen LogP contribution in [0.1, 0.15) is 16.8 Å². The number of aryl methyl sites for hydroxylation is 1. The van der Waals surface area contributed by atoms with Gasteiger partial charge in [0, 0.05) is 5.56 Å². The van der Waals surface area contributed by atoms with Gasteiger partial charge < -0.3 is 29.4 Å². The van der Waals surface area contributed by atoms with E-state index in [9.17, 15) is 13.9 Å². The Balaban J connectivity index is 1.30. The maximum absolute atomic E-state index is 14.4. The molecule has 3 aromatic rings. The number of ether oxygens (including phenoxy) is 3. The van der Waals surface area contributed by atoms with E-state index in [1.54, 1.807) is 6.07 Å². The minimum atomic E-state index is -0.680. The average Bonchev–Trinajstić information content (AvgIpc) is 3.48. The van der Waals surface area contributed by atoms with Gasteiger partial charge in [-0.3, -0.25) is 0 Å². The van der Waals surface area contributed by atoms with Crippen LogP contribution in [0.3, 0.4) is 0 Å². The summed E-state index contributed by atoms with van der Waals surface area (Å²) in [4.78, 5) is 11.8. The maximum Gasteiger partial charge on any atom is 0.296 e. The van der Waals surface area contributed by atoms with Crippen LogP contribution in [0.5, 0.6) is 6.01 Å². The number of benzene rings is 1. The smallest absolute Gasteiger partial charge is 0.296 e. The van der Waals surface area contributed by atoms with E-state index < -0.39 is 29.9 Å². The summed E-state index contributed by atoms with van der Waals surface area (Å²) in [6.45, 7) is 0.234. The van der Waals surface area contributed by atoms with Crippen molar-refractivity contribution in [3.05, 3.63) is 57.8 Å². The summed E-state index contributed by atoms with van der Waals surface area (Å²) in [6.07, 6.45) is 1.17. The van der Waals surface area contributed by atoms with Gasteiger partial charge in [0.15, 0.2) is 11.8 Å². The molecule has 11 heteroatoms. The van der Waals surface area contributed by atoms with E-state index in [4.69, 9.17) is 30.9 Å². The molecule has 8 nitrogen and oxygen atoms in total. The lowest BCUT2D eigenvalue weighted by Crippen LogP contribution is -2.34. The lowest BCUT2D eigenvalue weighted by molar-refractivity contribution is 0.00706. The molecule has 3 N–H and O–H groups in total. The third-order valence-electron chi connectivity index (χ3n) is 5.91. The predicted molar refractivity (Wildman–Crippen MR) is 119 cm³/mol. The Bertz CT molecular complexity index is 1210. The molecule has 0 aliphatic carbocycles. The van der Waals surface area contributed by atoms with Gasteiger partial charge in [-0.05, 0) is 36.6 Å². The van der Waals surface area contributed by atoms with E-state index in [0.29, 0.717) is 27.4 Å². The molecule has 180 valence electrons. The highest BCUT2D eigenvalue weighted by atomic mass is 35.5. The van der Waals surface area contributed by atoms with Crippen LogP contribution in [0, 0.1) is 11.6 Å². The zero-order valence-corrected chi connectivity index (χ0v) is 18.6. The molecule has 0 saturated carbocycles. The first-order chi connectivity index (χ1) is 16.4. The predicted octanol–water partition coefficient (Wildman–Crippen LogP) is 2.59. The highest BCUT2D eigenvalue weighted by Crippen LogP contribution is 2.30. The lowest BCUT2D eigenvalue weighted by Gasteiger charge is -2.15. The quantitative estimate of drug-likeness (QED) is 0.464. The number of fused-ring (bicyclic) bond motifs is 2. The summed E-state index contributed by atoms with van der Waals surface area (Å²) in [5.41, 5.74) is 1.60. The van der Waals surface area contributed by atoms with E-state index >= 15 is 0 Å². The molecular weight excluding hydrogens is 472 g/mol. The van der Waals surface area contributed by atoms with Crippen molar-refractivity contribution in [2.75, 3.05) is 19.8 Å². The molecule has 2 aliphatic heterocycles. The first-order valence-electron chi connectivity index (χ1n) is 10.8. The number of rotatable bonds is 7. The maximum atomic E-state index is 14.4. The minimum absolute atomic E-state index is 0.0514. The standard InChI is InChI=1S/C23H22ClF2N3O5/c24-13-8-17-22(29-23(28-17)34-19-10-33-20-18(31)9-32-21(19)20)27-16(13)4-3-12-14(25)6-11(2-1-5-30)7-15(12)26/h1-2,6-8,18-21,30-31H,3-5,9-10H2,(H,27,28,29)/b2-1+/t18-,19-,20-,21-/m1/s1. The van der Waals surface area contributed by atoms with Crippen molar-refractivity contribution in [3.63, 3.8) is 0 Å². The molecule has 0 spiro atoms. The third kappa shape index (κ3) is 4.51. The Kier molecular flexibility index (Phi) is 6.50. The minimum Gasteiger partial charge on any atom is -0.456 e. The first-order valence-corrected chi connectivity index (χ1v) is 11.2. The molecule has 2 saturated heterocycles. The Hall–Kier alpha value is -2.63. The van der Waals surface area contributed by atoms with E-state index in [0.717, 1.165) is 0 Å². The number of hydrogen-bond donors (Lipinski definition) is 3. The average molecular weight is 494 g/mol. The van der Waals surface area contributed by atoms with Crippen LogP contribution in [-0.4, -0.2) is 69.4 Å². The highest BCUT2D eigenvalue weighted by Gasteiger charge is 2.48. The largest absolute Gasteiger partial charge is 0.456 e. The van der Waals surface area contributed by atoms with Crippen molar-refractivity contribution in [1.82, 2.24) is 15.0 Å². The molecule has 0 unspecified atom stereocenters. The van der Waals surface area contributed by atoms with Gasteiger partial charge in [-0.25, -0.2) is 13.8 Å². The molecule has 4 heterocycles. The summed E-state index contributed by atoms with van der Waals surface area (Å²) in [7, 11) is 0. The molecule has 0 bridgehead atoms. The Morgan fingerprint density at radius 3 is 2.65 bits per heavy atom. The molecule has 2 aliphatic rings. The van der Waals surface area contributed by atoms with Crippen molar-refractivity contribution in [2.24, 2.45) is 0 Å². The van der Waals surface area contributed by atoms with E-state index in [1.165, 1.54) is 24.3 Å². The number of hydrogen-bond acceptors (Lipinski definition) is 7. The number of aromatic nitrogens is 3. The van der Waals surface area contributed by atoms with Crippen molar-refractivity contribution in [1.29, 1.82) is 0 Å². The van der Waals surface area contributed by atoms with Gasteiger partial charge in [0.2, 0.25) is 0 Å². The Labute approximate surface area is 198 Å². The second-order valence-corrected chi connectivity index (χ2v) is 8.60. The number of aliphatic hydroxyl groups excluding tert-OH is 2. The number of halogens is 3. The second kappa shape index (κ2) is 9.55. The van der Waals surface area contributed by atoms with Crippen LogP contribution >= 0.6 is 11.6 Å². The molecule has 4 atom stereocenters. The summed E-state index contributed by atoms with van der Waals surface area (Å²) in [5, 5.41) is 19.0. The van der Waals surface area contributed by atoms with Crippen LogP contribution in [0.25, 0.3) is 17.2 Å². The van der Waals surface area contributed by atoms with Crippen LogP contribution < -0.4 is 4.74 Å². The Morgan fingerprint density at radius 2 is 1.88 bits per heavy atom. The number of aromatic amines is 1. The van der Waals surface area contributed by atoms with E-state index in [2.05, 4.69) is 15.0 Å². The molecular formula is C23H22ClF2N3O5. The number of aliphatic hydroxyl groups is 2. The third-order valence-corrected chi connectivity index (χ3v) is 6.24. The van der Waals surface area contributed by atoms with Crippen molar-refractivity contribution < 1.29 is 33.2 Å². The summed E-state index contributed by atoms with van der Waals surface area (Å²) in [6, 6.07) is 4.27. The molecule has 0 amide bonds. The van der Waals surface area contributed by atoms with E-state index in [1.807, 2.05) is 0 Å². The fourth-order valence-corrected chi connectivity index (χ4v) is 4.49. The fraction of sp³-hybridized carbons (Fsp3) is 0.391. The van der Waals surface area contributed by atoms with Gasteiger partial charge >= 0.3 is 0 Å². The molecule has 1 aromatic carbocycles. The summed E-state index contributed by atoms with van der Waals surface area (Å²) in [5.74, 6) is -1.36. The monoisotopic (exact) mass is 493 g/mol. The molecule has 2 fully saturated rings. The highest BCUT2D eigenvalue weighted by molar-refractivity contribution is 6.31. The van der Waals surface area contributed by atoms with Gasteiger partial charge in [0.25, 0.3) is 6.01 Å². The fourth-order valence-electron chi connectivity index (χ4n) is 4.24. The first kappa shape index (κ1) is 23.1. The van der Waals surface area contributed by atoms with Gasteiger partial charge in [-0.1, -0.05) is 23.8 Å². The SMILES string of the molecule is OC/C=C/c1cc(F)c(CCc2nc3nc(O[C@@H]4CO[C@H]5[C@@H]4OC[C@H]5O)[nH]c3cc2Cl)c(F)c1. The number of H-pyrrole nitrogens is 1. The van der Waals surface area contributed by atoms with Gasteiger partial charge in [-0.15, -0.1) is 0 Å². The number of pyridine rings is 1. The molecule has 2 aromatic heterocycles. The molecule has 5 rings (SSSR count). The van der Waals surface area contributed by atoms with Crippen LogP contribution in [0.2, 0.25) is 5.02 Å². The molecule has 0 radical (unpaired) electrons. The summed E-state index contributed by atoms with van der Waals surface area (Å²) < 4.78 is 45.9. The second-order valence-electron chi connectivity index (χ2n) is 8.20. The van der Waals surface area contributed by atoms with Crippen molar-refractivity contribution in [3.8, 4) is 6.01 Å². The lowest BCUT2D eigenvalue weighted by atomic mass is 10.0. The molecule has 34 heavy (non-hydrogen) atoms. The number of nitrogens with zero attached hydrogens (tertiary/aromatic N) is 2. The van der Waals surface area contributed by atoms with Crippen LogP contribution in [-0.2, 0) is 22.3 Å². The van der Waals surface area contributed by atoms with Gasteiger partial charge in [0.1, 0.15) is 29.9 Å². The number of imidazole rings is 1. The zero-order chi connectivity index (χ0) is 23.8. The van der Waals surface area contributed by atoms with Crippen LogP contribution in [0.4, 0.5) is 8.78 Å². The van der Waals surface area contributed by atoms with Crippen LogP contribution in [0.15, 0.2) is 24.3 Å². The normalized spacial score (nSPS) is 24.4. The topological polar surface area (TPSA) is 110 Å². The number of nitrogens with one attached hydrogen (secondary N) is 1. The summed E-state index contributed by atoms with van der Waals surface area (Å²) >= 11 is 6.36. The van der Waals surface area contributed by atoms with Gasteiger partial charge in [0.05, 0.1) is 36.1 Å². The van der Waals surface area contributed by atoms with E-state index in [-0.39, 0.29) is 50.3 Å².